The van der Waals surface area contributed by atoms with Crippen LogP contribution in [0, 0.1) is 12.3 Å². The van der Waals surface area contributed by atoms with Gasteiger partial charge in [0.2, 0.25) is 0 Å². The van der Waals surface area contributed by atoms with E-state index in [4.69, 9.17) is 4.52 Å². The molecule has 0 saturated carbocycles. The Bertz CT molecular complexity index is 247. The van der Waals surface area contributed by atoms with E-state index in [0.717, 1.165) is 17.9 Å². The topological polar surface area (TPSA) is 38.1 Å². The van der Waals surface area contributed by atoms with Crippen LogP contribution in [0.1, 0.15) is 26.3 Å². The van der Waals surface area contributed by atoms with Crippen molar-refractivity contribution in [2.45, 2.75) is 27.7 Å². The molecule has 1 heterocycles. The van der Waals surface area contributed by atoms with E-state index in [1.165, 1.54) is 0 Å². The molecule has 12 heavy (non-hydrogen) atoms. The van der Waals surface area contributed by atoms with Crippen LogP contribution >= 0.6 is 0 Å². The summed E-state index contributed by atoms with van der Waals surface area (Å²) in [5.74, 6) is 0.852. The maximum absolute atomic E-state index is 4.80. The maximum Gasteiger partial charge on any atom is 0.172 e. The predicted octanol–water partition coefficient (Wildman–Crippen LogP) is 2.44. The van der Waals surface area contributed by atoms with Gasteiger partial charge in [0, 0.05) is 12.1 Å². The van der Waals surface area contributed by atoms with Crippen LogP contribution in [0.15, 0.2) is 10.8 Å². The molecule has 0 unspecified atom stereocenters. The van der Waals surface area contributed by atoms with Gasteiger partial charge in [-0.25, -0.2) is 0 Å². The summed E-state index contributed by atoms with van der Waals surface area (Å²) < 4.78 is 4.80. The van der Waals surface area contributed by atoms with Crippen LogP contribution in [0.2, 0.25) is 0 Å². The monoisotopic (exact) mass is 168 g/mol. The van der Waals surface area contributed by atoms with Gasteiger partial charge in [0.1, 0.15) is 6.26 Å². The molecule has 0 aliphatic rings. The Morgan fingerprint density at radius 2 is 2.17 bits per heavy atom. The van der Waals surface area contributed by atoms with Crippen molar-refractivity contribution >= 4 is 5.82 Å². The zero-order valence-electron chi connectivity index (χ0n) is 8.14. The van der Waals surface area contributed by atoms with E-state index >= 15 is 0 Å². The molecule has 3 heteroatoms. The van der Waals surface area contributed by atoms with Gasteiger partial charge >= 0.3 is 0 Å². The molecule has 0 bridgehead atoms. The molecule has 1 rings (SSSR count). The number of hydrogen-bond donors (Lipinski definition) is 1. The summed E-state index contributed by atoms with van der Waals surface area (Å²) in [5, 5.41) is 7.06. The Hall–Kier alpha value is -0.990. The highest BCUT2D eigenvalue weighted by Gasteiger charge is 2.11. The third-order valence-electron chi connectivity index (χ3n) is 1.53. The maximum atomic E-state index is 4.80. The van der Waals surface area contributed by atoms with Gasteiger partial charge in [-0.2, -0.15) is 0 Å². The molecule has 3 nitrogen and oxygen atoms in total. The summed E-state index contributed by atoms with van der Waals surface area (Å²) in [4.78, 5) is 0. The fourth-order valence-corrected chi connectivity index (χ4v) is 0.807. The largest absolute Gasteiger partial charge is 0.367 e. The third kappa shape index (κ3) is 2.57. The lowest BCUT2D eigenvalue weighted by Gasteiger charge is -2.18. The number of aryl methyl sites for hydroxylation is 1. The molecule has 0 aliphatic heterocycles. The van der Waals surface area contributed by atoms with Crippen molar-refractivity contribution in [1.29, 1.82) is 0 Å². The Morgan fingerprint density at radius 3 is 2.58 bits per heavy atom. The third-order valence-corrected chi connectivity index (χ3v) is 1.53. The Morgan fingerprint density at radius 1 is 1.50 bits per heavy atom. The average Bonchev–Trinajstić information content (AvgIpc) is 2.29. The summed E-state index contributed by atoms with van der Waals surface area (Å²) in [7, 11) is 0. The zero-order chi connectivity index (χ0) is 9.19. The normalized spacial score (nSPS) is 11.7. The summed E-state index contributed by atoms with van der Waals surface area (Å²) >= 11 is 0. The summed E-state index contributed by atoms with van der Waals surface area (Å²) in [5.41, 5.74) is 1.32. The van der Waals surface area contributed by atoms with Gasteiger partial charge in [0.25, 0.3) is 0 Å². The highest BCUT2D eigenvalue weighted by atomic mass is 16.5. The van der Waals surface area contributed by atoms with Crippen LogP contribution in [0.3, 0.4) is 0 Å². The molecule has 68 valence electrons. The van der Waals surface area contributed by atoms with E-state index in [1.807, 2.05) is 6.92 Å². The van der Waals surface area contributed by atoms with Crippen molar-refractivity contribution in [1.82, 2.24) is 5.16 Å². The van der Waals surface area contributed by atoms with Crippen LogP contribution in [0.5, 0.6) is 0 Å². The van der Waals surface area contributed by atoms with Crippen LogP contribution < -0.4 is 5.32 Å². The Labute approximate surface area is 73.1 Å². The van der Waals surface area contributed by atoms with Gasteiger partial charge < -0.3 is 9.84 Å². The molecular formula is C9H16N2O. The van der Waals surface area contributed by atoms with Gasteiger partial charge in [0.15, 0.2) is 5.82 Å². The van der Waals surface area contributed by atoms with E-state index in [1.54, 1.807) is 6.26 Å². The first-order chi connectivity index (χ1) is 5.49. The minimum Gasteiger partial charge on any atom is -0.367 e. The van der Waals surface area contributed by atoms with Crippen LogP contribution in [0.25, 0.3) is 0 Å². The molecule has 0 fully saturated rings. The quantitative estimate of drug-likeness (QED) is 0.737. The van der Waals surface area contributed by atoms with E-state index in [0.29, 0.717) is 0 Å². The van der Waals surface area contributed by atoms with Crippen LogP contribution in [-0.2, 0) is 0 Å². The van der Waals surface area contributed by atoms with E-state index in [9.17, 15) is 0 Å². The predicted molar refractivity (Wildman–Crippen MR) is 49.2 cm³/mol. The van der Waals surface area contributed by atoms with Crippen LogP contribution in [-0.4, -0.2) is 11.7 Å². The van der Waals surface area contributed by atoms with Gasteiger partial charge in [-0.3, -0.25) is 0 Å². The van der Waals surface area contributed by atoms with E-state index < -0.39 is 0 Å². The molecule has 0 aliphatic carbocycles. The number of anilines is 1. The van der Waals surface area contributed by atoms with Gasteiger partial charge in [-0.05, 0) is 12.3 Å². The number of nitrogens with zero attached hydrogens (tertiary/aromatic N) is 1. The zero-order valence-corrected chi connectivity index (χ0v) is 8.14. The van der Waals surface area contributed by atoms with Crippen molar-refractivity contribution in [3.63, 3.8) is 0 Å². The molecule has 0 amide bonds. The smallest absolute Gasteiger partial charge is 0.172 e. The van der Waals surface area contributed by atoms with Crippen molar-refractivity contribution in [3.05, 3.63) is 11.8 Å². The lowest BCUT2D eigenvalue weighted by atomic mass is 9.97. The number of aromatic nitrogens is 1. The molecule has 1 aromatic rings. The molecule has 0 aromatic carbocycles. The first kappa shape index (κ1) is 9.10. The highest BCUT2D eigenvalue weighted by Crippen LogP contribution is 2.16. The molecule has 0 atom stereocenters. The molecule has 0 saturated heterocycles. The summed E-state index contributed by atoms with van der Waals surface area (Å²) in [6, 6.07) is 0. The average molecular weight is 168 g/mol. The highest BCUT2D eigenvalue weighted by molar-refractivity contribution is 5.40. The first-order valence-electron chi connectivity index (χ1n) is 4.14. The van der Waals surface area contributed by atoms with Crippen molar-refractivity contribution in [2.75, 3.05) is 11.9 Å². The van der Waals surface area contributed by atoms with Gasteiger partial charge in [0.05, 0.1) is 0 Å². The van der Waals surface area contributed by atoms with Gasteiger partial charge in [-0.15, -0.1) is 0 Å². The fourth-order valence-electron chi connectivity index (χ4n) is 0.807. The number of nitrogens with one attached hydrogen (secondary N) is 1. The SMILES string of the molecule is Cc1conc1NCC(C)(C)C. The van der Waals surface area contributed by atoms with E-state index in [-0.39, 0.29) is 5.41 Å². The fraction of sp³-hybridized carbons (Fsp3) is 0.667. The van der Waals surface area contributed by atoms with Crippen molar-refractivity contribution < 1.29 is 4.52 Å². The molecule has 1 N–H and O–H groups in total. The Balaban J connectivity index is 2.49. The minimum atomic E-state index is 0.269. The first-order valence-corrected chi connectivity index (χ1v) is 4.14. The second kappa shape index (κ2) is 3.17. The summed E-state index contributed by atoms with van der Waals surface area (Å²) in [6.07, 6.45) is 1.64. The lowest BCUT2D eigenvalue weighted by Crippen LogP contribution is -2.19. The second-order valence-electron chi connectivity index (χ2n) is 4.26. The second-order valence-corrected chi connectivity index (χ2v) is 4.26. The van der Waals surface area contributed by atoms with Crippen molar-refractivity contribution in [2.24, 2.45) is 5.41 Å². The minimum absolute atomic E-state index is 0.269. The Kier molecular flexibility index (Phi) is 2.40. The van der Waals surface area contributed by atoms with Crippen LogP contribution in [0.4, 0.5) is 5.82 Å². The lowest BCUT2D eigenvalue weighted by molar-refractivity contribution is 0.415. The molecular weight excluding hydrogens is 152 g/mol. The molecule has 1 aromatic heterocycles. The number of rotatable bonds is 2. The molecule has 0 radical (unpaired) electrons. The standard InChI is InChI=1S/C9H16N2O/c1-7-5-12-11-8(7)10-6-9(2,3)4/h5H,6H2,1-4H3,(H,10,11). The molecule has 0 spiro atoms. The van der Waals surface area contributed by atoms with Crippen molar-refractivity contribution in [3.8, 4) is 0 Å². The van der Waals surface area contributed by atoms with Gasteiger partial charge in [-0.1, -0.05) is 25.9 Å². The van der Waals surface area contributed by atoms with E-state index in [2.05, 4.69) is 31.2 Å². The number of hydrogen-bond acceptors (Lipinski definition) is 3. The summed E-state index contributed by atoms with van der Waals surface area (Å²) in [6.45, 7) is 9.40.